The largest absolute Gasteiger partial charge is 0.476 e. The quantitative estimate of drug-likeness (QED) is 0.838. The summed E-state index contributed by atoms with van der Waals surface area (Å²) in [6.07, 6.45) is 0. The Balaban J connectivity index is 2.34. The first-order valence-electron chi connectivity index (χ1n) is 5.53. The minimum atomic E-state index is -1.25. The van der Waals surface area contributed by atoms with Gasteiger partial charge < -0.3 is 10.4 Å². The number of benzene rings is 1. The zero-order valence-corrected chi connectivity index (χ0v) is 11.2. The summed E-state index contributed by atoms with van der Waals surface area (Å²) in [7, 11) is 0. The van der Waals surface area contributed by atoms with Crippen LogP contribution < -0.4 is 5.32 Å². The Hall–Kier alpha value is -2.72. The number of Topliss-reactive ketones (excluding diaryl/α,β-unsaturated/α-hetero) is 1. The first-order valence-corrected chi connectivity index (χ1v) is 6.35. The molecule has 1 aromatic heterocycles. The van der Waals surface area contributed by atoms with E-state index < -0.39 is 5.97 Å². The number of hydrogen-bond acceptors (Lipinski definition) is 6. The lowest BCUT2D eigenvalue weighted by Crippen LogP contribution is -2.03. The molecule has 0 atom stereocenters. The summed E-state index contributed by atoms with van der Waals surface area (Å²) in [5, 5.41) is 21.0. The monoisotopic (exact) mass is 287 g/mol. The number of ketones is 1. The number of nitriles is 1. The third-order valence-electron chi connectivity index (χ3n) is 2.39. The van der Waals surface area contributed by atoms with Gasteiger partial charge in [-0.1, -0.05) is 17.4 Å². The number of nitrogens with one attached hydrogen (secondary N) is 1. The summed E-state index contributed by atoms with van der Waals surface area (Å²) in [4.78, 5) is 26.4. The highest BCUT2D eigenvalue weighted by molar-refractivity contribution is 7.17. The second-order valence-electron chi connectivity index (χ2n) is 3.88. The number of carboxylic acids is 1. The standard InChI is InChI=1S/C13H9N3O3S/c1-7(17)11-10(12(18)19)16-13(20-11)15-9-4-2-3-8(5-9)6-14/h2-5H,1H3,(H,15,16)(H,18,19). The predicted octanol–water partition coefficient (Wildman–Crippen LogP) is 2.66. The van der Waals surface area contributed by atoms with Crippen molar-refractivity contribution >= 4 is 33.9 Å². The Morgan fingerprint density at radius 2 is 2.20 bits per heavy atom. The van der Waals surface area contributed by atoms with Gasteiger partial charge in [-0.2, -0.15) is 5.26 Å². The number of carboxylic acid groups (broad SMARTS) is 1. The van der Waals surface area contributed by atoms with Crippen molar-refractivity contribution in [2.75, 3.05) is 5.32 Å². The van der Waals surface area contributed by atoms with E-state index in [1.807, 2.05) is 6.07 Å². The predicted molar refractivity (Wildman–Crippen MR) is 73.5 cm³/mol. The van der Waals surface area contributed by atoms with Crippen LogP contribution in [0.2, 0.25) is 0 Å². The Labute approximate surface area is 118 Å². The van der Waals surface area contributed by atoms with Crippen molar-refractivity contribution in [1.29, 1.82) is 5.26 Å². The molecule has 0 fully saturated rings. The molecule has 7 heteroatoms. The summed E-state index contributed by atoms with van der Waals surface area (Å²) in [6.45, 7) is 1.29. The number of nitrogens with zero attached hydrogens (tertiary/aromatic N) is 2. The van der Waals surface area contributed by atoms with Crippen LogP contribution in [-0.2, 0) is 0 Å². The van der Waals surface area contributed by atoms with E-state index in [2.05, 4.69) is 10.3 Å². The molecule has 0 aliphatic heterocycles. The normalized spacial score (nSPS) is 9.80. The molecule has 1 heterocycles. The van der Waals surface area contributed by atoms with Crippen LogP contribution in [0.1, 0.15) is 32.6 Å². The molecule has 0 aliphatic carbocycles. The van der Waals surface area contributed by atoms with Gasteiger partial charge in [-0.25, -0.2) is 9.78 Å². The van der Waals surface area contributed by atoms with Crippen LogP contribution in [0.3, 0.4) is 0 Å². The molecule has 2 rings (SSSR count). The van der Waals surface area contributed by atoms with Crippen molar-refractivity contribution in [3.63, 3.8) is 0 Å². The second-order valence-corrected chi connectivity index (χ2v) is 4.87. The van der Waals surface area contributed by atoms with Crippen LogP contribution in [-0.4, -0.2) is 21.8 Å². The average molecular weight is 287 g/mol. The van der Waals surface area contributed by atoms with Crippen molar-refractivity contribution in [2.24, 2.45) is 0 Å². The van der Waals surface area contributed by atoms with E-state index in [-0.39, 0.29) is 16.4 Å². The first kappa shape index (κ1) is 13.7. The molecule has 0 aliphatic rings. The lowest BCUT2D eigenvalue weighted by molar-refractivity contribution is 0.0687. The van der Waals surface area contributed by atoms with E-state index >= 15 is 0 Å². The number of anilines is 2. The van der Waals surface area contributed by atoms with Gasteiger partial charge in [0.25, 0.3) is 0 Å². The minimum absolute atomic E-state index is 0.0939. The zero-order chi connectivity index (χ0) is 14.7. The van der Waals surface area contributed by atoms with Crippen LogP contribution >= 0.6 is 11.3 Å². The minimum Gasteiger partial charge on any atom is -0.476 e. The second kappa shape index (κ2) is 5.50. The lowest BCUT2D eigenvalue weighted by Gasteiger charge is -2.01. The molecule has 100 valence electrons. The highest BCUT2D eigenvalue weighted by Gasteiger charge is 2.20. The van der Waals surface area contributed by atoms with Crippen molar-refractivity contribution in [3.05, 3.63) is 40.4 Å². The van der Waals surface area contributed by atoms with E-state index in [4.69, 9.17) is 10.4 Å². The van der Waals surface area contributed by atoms with Gasteiger partial charge in [-0.15, -0.1) is 0 Å². The van der Waals surface area contributed by atoms with Gasteiger partial charge in [0.1, 0.15) is 4.88 Å². The van der Waals surface area contributed by atoms with Crippen LogP contribution in [0.15, 0.2) is 24.3 Å². The number of aromatic nitrogens is 1. The van der Waals surface area contributed by atoms with Crippen molar-refractivity contribution < 1.29 is 14.7 Å². The molecule has 0 saturated carbocycles. The molecule has 0 unspecified atom stereocenters. The van der Waals surface area contributed by atoms with E-state index in [0.717, 1.165) is 11.3 Å². The molecule has 0 spiro atoms. The number of rotatable bonds is 4. The topological polar surface area (TPSA) is 103 Å². The smallest absolute Gasteiger partial charge is 0.356 e. The summed E-state index contributed by atoms with van der Waals surface area (Å²) in [5.41, 5.74) is 0.808. The molecule has 0 bridgehead atoms. The Kier molecular flexibility index (Phi) is 3.77. The highest BCUT2D eigenvalue weighted by atomic mass is 32.1. The maximum atomic E-state index is 11.4. The van der Waals surface area contributed by atoms with E-state index in [9.17, 15) is 9.59 Å². The van der Waals surface area contributed by atoms with E-state index in [1.54, 1.807) is 24.3 Å². The highest BCUT2D eigenvalue weighted by Crippen LogP contribution is 2.26. The fraction of sp³-hybridized carbons (Fsp3) is 0.0769. The third kappa shape index (κ3) is 2.81. The molecule has 0 amide bonds. The van der Waals surface area contributed by atoms with Gasteiger partial charge in [0.15, 0.2) is 16.6 Å². The molecule has 0 radical (unpaired) electrons. The summed E-state index contributed by atoms with van der Waals surface area (Å²) in [5.74, 6) is -1.59. The molecule has 2 N–H and O–H groups in total. The number of hydrogen-bond donors (Lipinski definition) is 2. The zero-order valence-electron chi connectivity index (χ0n) is 10.4. The summed E-state index contributed by atoms with van der Waals surface area (Å²) >= 11 is 0.969. The van der Waals surface area contributed by atoms with Gasteiger partial charge >= 0.3 is 5.97 Å². The van der Waals surface area contributed by atoms with Gasteiger partial charge in [-0.05, 0) is 18.2 Å². The van der Waals surface area contributed by atoms with Crippen LogP contribution in [0.25, 0.3) is 0 Å². The Bertz CT molecular complexity index is 699. The lowest BCUT2D eigenvalue weighted by atomic mass is 10.2. The van der Waals surface area contributed by atoms with Crippen LogP contribution in [0, 0.1) is 11.3 Å². The van der Waals surface area contributed by atoms with Gasteiger partial charge in [0.05, 0.1) is 11.6 Å². The third-order valence-corrected chi connectivity index (χ3v) is 3.46. The molecule has 2 aromatic rings. The molecular weight excluding hydrogens is 278 g/mol. The van der Waals surface area contributed by atoms with Gasteiger partial charge in [0.2, 0.25) is 0 Å². The summed E-state index contributed by atoms with van der Waals surface area (Å²) in [6, 6.07) is 8.67. The summed E-state index contributed by atoms with van der Waals surface area (Å²) < 4.78 is 0. The Morgan fingerprint density at radius 1 is 1.45 bits per heavy atom. The van der Waals surface area contributed by atoms with E-state index in [0.29, 0.717) is 16.4 Å². The number of aromatic carboxylic acids is 1. The molecule has 20 heavy (non-hydrogen) atoms. The van der Waals surface area contributed by atoms with Gasteiger partial charge in [0, 0.05) is 12.6 Å². The molecule has 1 aromatic carbocycles. The SMILES string of the molecule is CC(=O)c1sc(Nc2cccc(C#N)c2)nc1C(=O)O. The van der Waals surface area contributed by atoms with E-state index in [1.165, 1.54) is 6.92 Å². The fourth-order valence-electron chi connectivity index (χ4n) is 1.55. The van der Waals surface area contributed by atoms with Crippen molar-refractivity contribution in [1.82, 2.24) is 4.98 Å². The molecular formula is C13H9N3O3S. The maximum absolute atomic E-state index is 11.4. The van der Waals surface area contributed by atoms with Crippen LogP contribution in [0.4, 0.5) is 10.8 Å². The molecule has 6 nitrogen and oxygen atoms in total. The number of carbonyl (C=O) groups excluding carboxylic acids is 1. The maximum Gasteiger partial charge on any atom is 0.356 e. The number of thiazole rings is 1. The van der Waals surface area contributed by atoms with Gasteiger partial charge in [-0.3, -0.25) is 4.79 Å². The van der Waals surface area contributed by atoms with Crippen molar-refractivity contribution in [3.8, 4) is 6.07 Å². The van der Waals surface area contributed by atoms with Crippen LogP contribution in [0.5, 0.6) is 0 Å². The van der Waals surface area contributed by atoms with Crippen molar-refractivity contribution in [2.45, 2.75) is 6.92 Å². The fourth-order valence-corrected chi connectivity index (χ4v) is 2.42. The number of carbonyl (C=O) groups is 2. The first-order chi connectivity index (χ1) is 9.51. The molecule has 0 saturated heterocycles. The average Bonchev–Trinajstić information content (AvgIpc) is 2.83. The Morgan fingerprint density at radius 3 is 2.75 bits per heavy atom.